The fourth-order valence-electron chi connectivity index (χ4n) is 2.72. The Bertz CT molecular complexity index is 883. The van der Waals surface area contributed by atoms with Crippen molar-refractivity contribution in [1.29, 1.82) is 0 Å². The third-order valence-electron chi connectivity index (χ3n) is 4.07. The van der Waals surface area contributed by atoms with Gasteiger partial charge in [-0.25, -0.2) is 9.37 Å². The molecule has 1 aliphatic rings. The molecule has 1 unspecified atom stereocenters. The van der Waals surface area contributed by atoms with E-state index >= 15 is 0 Å². The standard InChI is InChI=1S/C18H15FN2O3/c19-14-2-1-3-15-16(14)24-18(21-15)11-4-6-13(7-5-11)20-17(22)12-8-9-23-10-12/h1-7,12H,8-10H2,(H,20,22). The quantitative estimate of drug-likeness (QED) is 0.798. The number of nitrogens with one attached hydrogen (secondary N) is 1. The second-order valence-electron chi connectivity index (χ2n) is 5.73. The molecule has 0 spiro atoms. The zero-order valence-electron chi connectivity index (χ0n) is 12.8. The highest BCUT2D eigenvalue weighted by Gasteiger charge is 2.23. The number of ether oxygens (including phenoxy) is 1. The van der Waals surface area contributed by atoms with Crippen molar-refractivity contribution in [3.05, 3.63) is 48.3 Å². The van der Waals surface area contributed by atoms with Crippen LogP contribution in [0.15, 0.2) is 46.9 Å². The van der Waals surface area contributed by atoms with Gasteiger partial charge in [0.25, 0.3) is 0 Å². The van der Waals surface area contributed by atoms with Crippen molar-refractivity contribution in [2.75, 3.05) is 18.5 Å². The lowest BCUT2D eigenvalue weighted by Gasteiger charge is -2.09. The van der Waals surface area contributed by atoms with E-state index in [4.69, 9.17) is 9.15 Å². The predicted molar refractivity (Wildman–Crippen MR) is 87.0 cm³/mol. The van der Waals surface area contributed by atoms with E-state index in [9.17, 15) is 9.18 Å². The lowest BCUT2D eigenvalue weighted by atomic mass is 10.1. The predicted octanol–water partition coefficient (Wildman–Crippen LogP) is 3.61. The number of benzene rings is 2. The van der Waals surface area contributed by atoms with E-state index < -0.39 is 5.82 Å². The van der Waals surface area contributed by atoms with Crippen LogP contribution in [0.5, 0.6) is 0 Å². The third-order valence-corrected chi connectivity index (χ3v) is 4.07. The normalized spacial score (nSPS) is 17.3. The Morgan fingerprint density at radius 2 is 2.04 bits per heavy atom. The highest BCUT2D eigenvalue weighted by Crippen LogP contribution is 2.27. The molecule has 0 saturated carbocycles. The summed E-state index contributed by atoms with van der Waals surface area (Å²) in [6, 6.07) is 11.7. The van der Waals surface area contributed by atoms with E-state index in [1.807, 2.05) is 0 Å². The van der Waals surface area contributed by atoms with Crippen molar-refractivity contribution in [2.45, 2.75) is 6.42 Å². The molecule has 1 aliphatic heterocycles. The maximum Gasteiger partial charge on any atom is 0.229 e. The van der Waals surface area contributed by atoms with Crippen LogP contribution in [-0.4, -0.2) is 24.1 Å². The smallest absolute Gasteiger partial charge is 0.229 e. The zero-order chi connectivity index (χ0) is 16.5. The first kappa shape index (κ1) is 14.8. The molecule has 1 amide bonds. The summed E-state index contributed by atoms with van der Waals surface area (Å²) in [7, 11) is 0. The van der Waals surface area contributed by atoms with Crippen LogP contribution in [-0.2, 0) is 9.53 Å². The van der Waals surface area contributed by atoms with Gasteiger partial charge in [0.05, 0.1) is 12.5 Å². The summed E-state index contributed by atoms with van der Waals surface area (Å²) in [5.74, 6) is -0.222. The van der Waals surface area contributed by atoms with Crippen molar-refractivity contribution >= 4 is 22.7 Å². The average Bonchev–Trinajstić information content (AvgIpc) is 3.26. The van der Waals surface area contributed by atoms with Crippen LogP contribution >= 0.6 is 0 Å². The molecule has 1 aromatic heterocycles. The van der Waals surface area contributed by atoms with Crippen molar-refractivity contribution in [2.24, 2.45) is 5.92 Å². The molecule has 3 aromatic rings. The zero-order valence-corrected chi connectivity index (χ0v) is 12.8. The van der Waals surface area contributed by atoms with Gasteiger partial charge < -0.3 is 14.5 Å². The molecular formula is C18H15FN2O3. The summed E-state index contributed by atoms with van der Waals surface area (Å²) in [6.45, 7) is 1.10. The Labute approximate surface area is 137 Å². The number of fused-ring (bicyclic) bond motifs is 1. The monoisotopic (exact) mass is 326 g/mol. The molecule has 1 saturated heterocycles. The largest absolute Gasteiger partial charge is 0.433 e. The summed E-state index contributed by atoms with van der Waals surface area (Å²) in [4.78, 5) is 16.3. The number of carbonyl (C=O) groups is 1. The maximum atomic E-state index is 13.7. The minimum Gasteiger partial charge on any atom is -0.433 e. The number of amides is 1. The van der Waals surface area contributed by atoms with E-state index in [1.54, 1.807) is 36.4 Å². The minimum atomic E-state index is -0.436. The number of rotatable bonds is 3. The van der Waals surface area contributed by atoms with E-state index in [1.165, 1.54) is 6.07 Å². The Kier molecular flexibility index (Phi) is 3.74. The van der Waals surface area contributed by atoms with Crippen LogP contribution in [0.1, 0.15) is 6.42 Å². The summed E-state index contributed by atoms with van der Waals surface area (Å²) in [6.07, 6.45) is 0.748. The molecule has 5 nitrogen and oxygen atoms in total. The number of nitrogens with zero attached hydrogens (tertiary/aromatic N) is 1. The van der Waals surface area contributed by atoms with Crippen molar-refractivity contribution in [3.63, 3.8) is 0 Å². The molecule has 4 rings (SSSR count). The molecular weight excluding hydrogens is 311 g/mol. The van der Waals surface area contributed by atoms with Gasteiger partial charge in [0.1, 0.15) is 5.52 Å². The fourth-order valence-corrected chi connectivity index (χ4v) is 2.72. The molecule has 122 valence electrons. The van der Waals surface area contributed by atoms with Gasteiger partial charge in [-0.3, -0.25) is 4.79 Å². The lowest BCUT2D eigenvalue weighted by Crippen LogP contribution is -2.22. The SMILES string of the molecule is O=C(Nc1ccc(-c2nc3cccc(F)c3o2)cc1)C1CCOC1. The highest BCUT2D eigenvalue weighted by molar-refractivity contribution is 5.93. The van der Waals surface area contributed by atoms with Crippen LogP contribution in [0.3, 0.4) is 0 Å². The van der Waals surface area contributed by atoms with Gasteiger partial charge in [-0.05, 0) is 42.8 Å². The van der Waals surface area contributed by atoms with E-state index in [0.717, 1.165) is 6.42 Å². The van der Waals surface area contributed by atoms with E-state index in [-0.39, 0.29) is 17.4 Å². The first-order valence-corrected chi connectivity index (χ1v) is 7.75. The topological polar surface area (TPSA) is 64.4 Å². The Balaban J connectivity index is 1.54. The van der Waals surface area contributed by atoms with Crippen LogP contribution in [0.2, 0.25) is 0 Å². The van der Waals surface area contributed by atoms with Gasteiger partial charge in [0, 0.05) is 17.9 Å². The summed E-state index contributed by atoms with van der Waals surface area (Å²) in [5, 5.41) is 2.87. The molecule has 0 aliphatic carbocycles. The van der Waals surface area contributed by atoms with Crippen molar-refractivity contribution < 1.29 is 18.3 Å². The molecule has 0 bridgehead atoms. The summed E-state index contributed by atoms with van der Waals surface area (Å²) < 4.78 is 24.4. The second kappa shape index (κ2) is 6.05. The Morgan fingerprint density at radius 3 is 2.75 bits per heavy atom. The van der Waals surface area contributed by atoms with Gasteiger partial charge in [0.2, 0.25) is 11.8 Å². The van der Waals surface area contributed by atoms with Gasteiger partial charge in [0.15, 0.2) is 11.4 Å². The van der Waals surface area contributed by atoms with E-state index in [2.05, 4.69) is 10.3 Å². The average molecular weight is 326 g/mol. The molecule has 1 fully saturated rings. The number of hydrogen-bond donors (Lipinski definition) is 1. The van der Waals surface area contributed by atoms with Crippen LogP contribution in [0, 0.1) is 11.7 Å². The Morgan fingerprint density at radius 1 is 1.21 bits per heavy atom. The molecule has 1 atom stereocenters. The molecule has 0 radical (unpaired) electrons. The lowest BCUT2D eigenvalue weighted by molar-refractivity contribution is -0.119. The van der Waals surface area contributed by atoms with Crippen LogP contribution in [0.4, 0.5) is 10.1 Å². The molecule has 2 aromatic carbocycles. The number of oxazole rings is 1. The van der Waals surface area contributed by atoms with Gasteiger partial charge in [-0.2, -0.15) is 0 Å². The molecule has 2 heterocycles. The van der Waals surface area contributed by atoms with Crippen molar-refractivity contribution in [3.8, 4) is 11.5 Å². The first-order valence-electron chi connectivity index (χ1n) is 7.75. The van der Waals surface area contributed by atoms with Gasteiger partial charge >= 0.3 is 0 Å². The van der Waals surface area contributed by atoms with Crippen LogP contribution < -0.4 is 5.32 Å². The van der Waals surface area contributed by atoms with Gasteiger partial charge in [-0.15, -0.1) is 0 Å². The molecule has 6 heteroatoms. The highest BCUT2D eigenvalue weighted by atomic mass is 19.1. The van der Waals surface area contributed by atoms with E-state index in [0.29, 0.717) is 35.9 Å². The number of halogens is 1. The number of carbonyl (C=O) groups excluding carboxylic acids is 1. The van der Waals surface area contributed by atoms with Crippen LogP contribution in [0.25, 0.3) is 22.6 Å². The molecule has 24 heavy (non-hydrogen) atoms. The minimum absolute atomic E-state index is 0.0378. The number of hydrogen-bond acceptors (Lipinski definition) is 4. The third kappa shape index (κ3) is 2.76. The second-order valence-corrected chi connectivity index (χ2v) is 5.73. The first-order chi connectivity index (χ1) is 11.7. The number of aromatic nitrogens is 1. The van der Waals surface area contributed by atoms with Gasteiger partial charge in [-0.1, -0.05) is 6.07 Å². The number of anilines is 1. The maximum absolute atomic E-state index is 13.7. The van der Waals surface area contributed by atoms with Crippen molar-refractivity contribution in [1.82, 2.24) is 4.98 Å². The Hall–Kier alpha value is -2.73. The molecule has 1 N–H and O–H groups in total. The fraction of sp³-hybridized carbons (Fsp3) is 0.222. The summed E-state index contributed by atoms with van der Waals surface area (Å²) >= 11 is 0. The summed E-state index contributed by atoms with van der Waals surface area (Å²) in [5.41, 5.74) is 2.03. The number of para-hydroxylation sites is 1.